The standard InChI is InChI=1S/C30H63N2O6P/c1-7-9-11-13-15-16-17-19-21-23-26-36-28(3)30(38-39(34,35)37-27-25-32(4,5)6)31-29(33)24-22-20-18-14-12-10-8-2/h28,30H,7-27H2,1-6H3,(H-,31,33,34,35)/p+1. The van der Waals surface area contributed by atoms with Crippen molar-refractivity contribution in [2.75, 3.05) is 40.9 Å². The van der Waals surface area contributed by atoms with Crippen LogP contribution in [0, 0.1) is 0 Å². The van der Waals surface area contributed by atoms with Crippen LogP contribution in [0.25, 0.3) is 0 Å². The van der Waals surface area contributed by atoms with Crippen LogP contribution in [0.4, 0.5) is 0 Å². The second kappa shape index (κ2) is 24.1. The molecule has 0 fully saturated rings. The number of likely N-dealkylation sites (N-methyl/N-ethyl adjacent to an activating group) is 1. The molecule has 3 unspecified atom stereocenters. The van der Waals surface area contributed by atoms with Crippen LogP contribution >= 0.6 is 7.82 Å². The molecule has 0 aromatic heterocycles. The number of nitrogens with one attached hydrogen (secondary N) is 1. The highest BCUT2D eigenvalue weighted by Gasteiger charge is 2.32. The summed E-state index contributed by atoms with van der Waals surface area (Å²) in [6.07, 6.45) is 18.9. The molecule has 0 aromatic rings. The highest BCUT2D eigenvalue weighted by atomic mass is 31.2. The Kier molecular flexibility index (Phi) is 23.8. The van der Waals surface area contributed by atoms with E-state index in [0.717, 1.165) is 32.1 Å². The third-order valence-corrected chi connectivity index (χ3v) is 7.88. The molecule has 0 aliphatic heterocycles. The minimum atomic E-state index is -4.36. The van der Waals surface area contributed by atoms with Gasteiger partial charge in [0.15, 0.2) is 6.23 Å². The number of ether oxygens (including phenoxy) is 1. The molecule has 1 amide bonds. The van der Waals surface area contributed by atoms with Crippen LogP contribution in [0.2, 0.25) is 0 Å². The Morgan fingerprint density at radius 1 is 0.769 bits per heavy atom. The molecule has 0 spiro atoms. The lowest BCUT2D eigenvalue weighted by Gasteiger charge is -2.28. The first-order valence-electron chi connectivity index (χ1n) is 15.9. The van der Waals surface area contributed by atoms with E-state index in [1.807, 2.05) is 21.1 Å². The normalized spacial score (nSPS) is 15.2. The van der Waals surface area contributed by atoms with E-state index >= 15 is 0 Å². The van der Waals surface area contributed by atoms with Gasteiger partial charge in [-0.25, -0.2) is 4.57 Å². The van der Waals surface area contributed by atoms with Gasteiger partial charge < -0.3 is 19.4 Å². The van der Waals surface area contributed by atoms with E-state index < -0.39 is 20.2 Å². The number of unbranched alkanes of at least 4 members (excludes halogenated alkanes) is 15. The third kappa shape index (κ3) is 26.2. The Balaban J connectivity index is 4.56. The maximum atomic E-state index is 12.6. The summed E-state index contributed by atoms with van der Waals surface area (Å²) in [7, 11) is 1.56. The predicted molar refractivity (Wildman–Crippen MR) is 162 cm³/mol. The van der Waals surface area contributed by atoms with E-state index in [9.17, 15) is 14.3 Å². The van der Waals surface area contributed by atoms with Gasteiger partial charge >= 0.3 is 7.82 Å². The van der Waals surface area contributed by atoms with Crippen molar-refractivity contribution in [2.24, 2.45) is 0 Å². The van der Waals surface area contributed by atoms with E-state index in [4.69, 9.17) is 13.8 Å². The van der Waals surface area contributed by atoms with Gasteiger partial charge in [-0.05, 0) is 19.8 Å². The van der Waals surface area contributed by atoms with E-state index in [2.05, 4.69) is 19.2 Å². The van der Waals surface area contributed by atoms with E-state index in [1.54, 1.807) is 6.92 Å². The second-order valence-electron chi connectivity index (χ2n) is 12.0. The maximum absolute atomic E-state index is 12.6. The van der Waals surface area contributed by atoms with E-state index in [-0.39, 0.29) is 12.5 Å². The smallest absolute Gasteiger partial charge is 0.374 e. The van der Waals surface area contributed by atoms with Crippen molar-refractivity contribution in [1.29, 1.82) is 0 Å². The summed E-state index contributed by atoms with van der Waals surface area (Å²) in [5.74, 6) is -0.200. The fourth-order valence-electron chi connectivity index (χ4n) is 4.25. The zero-order valence-electron chi connectivity index (χ0n) is 26.4. The van der Waals surface area contributed by atoms with Crippen LogP contribution in [0.15, 0.2) is 0 Å². The molecular formula is C30H64N2O6P+. The number of phosphoric acid groups is 1. The average molecular weight is 580 g/mol. The Morgan fingerprint density at radius 2 is 1.23 bits per heavy atom. The Labute approximate surface area is 241 Å². The molecule has 39 heavy (non-hydrogen) atoms. The van der Waals surface area contributed by atoms with Crippen molar-refractivity contribution in [3.05, 3.63) is 0 Å². The highest BCUT2D eigenvalue weighted by Crippen LogP contribution is 2.44. The minimum Gasteiger partial charge on any atom is -0.374 e. The van der Waals surface area contributed by atoms with Gasteiger partial charge in [-0.3, -0.25) is 13.8 Å². The van der Waals surface area contributed by atoms with Gasteiger partial charge in [-0.2, -0.15) is 0 Å². The van der Waals surface area contributed by atoms with Gasteiger partial charge in [0.25, 0.3) is 0 Å². The van der Waals surface area contributed by atoms with Crippen molar-refractivity contribution < 1.29 is 32.5 Å². The molecule has 234 valence electrons. The Bertz CT molecular complexity index is 629. The van der Waals surface area contributed by atoms with E-state index in [1.165, 1.54) is 77.0 Å². The minimum absolute atomic E-state index is 0.0732. The van der Waals surface area contributed by atoms with Gasteiger partial charge in [0.1, 0.15) is 13.2 Å². The third-order valence-electron chi connectivity index (χ3n) is 6.88. The lowest BCUT2D eigenvalue weighted by molar-refractivity contribution is -0.870. The molecule has 0 aromatic carbocycles. The van der Waals surface area contributed by atoms with Crippen LogP contribution in [0.1, 0.15) is 136 Å². The monoisotopic (exact) mass is 579 g/mol. The summed E-state index contributed by atoms with van der Waals surface area (Å²) in [4.78, 5) is 22.9. The second-order valence-corrected chi connectivity index (χ2v) is 13.4. The fourth-order valence-corrected chi connectivity index (χ4v) is 5.14. The van der Waals surface area contributed by atoms with Gasteiger partial charge in [0.2, 0.25) is 5.91 Å². The van der Waals surface area contributed by atoms with Crippen molar-refractivity contribution in [1.82, 2.24) is 5.32 Å². The number of nitrogens with zero attached hydrogens (tertiary/aromatic N) is 1. The van der Waals surface area contributed by atoms with Crippen LogP contribution in [-0.4, -0.2) is 68.5 Å². The number of quaternary nitrogens is 1. The van der Waals surface area contributed by atoms with Crippen molar-refractivity contribution in [2.45, 2.75) is 149 Å². The van der Waals surface area contributed by atoms with Gasteiger partial charge in [0.05, 0.1) is 27.2 Å². The molecule has 0 aliphatic rings. The first kappa shape index (κ1) is 38.5. The largest absolute Gasteiger partial charge is 0.474 e. The van der Waals surface area contributed by atoms with Crippen molar-refractivity contribution in [3.63, 3.8) is 0 Å². The molecule has 3 atom stereocenters. The zero-order chi connectivity index (χ0) is 29.4. The quantitative estimate of drug-likeness (QED) is 0.0426. The number of carbonyl (C=O) groups excluding carboxylic acids is 1. The summed E-state index contributed by atoms with van der Waals surface area (Å²) < 4.78 is 29.8. The molecule has 8 nitrogen and oxygen atoms in total. The first-order valence-corrected chi connectivity index (χ1v) is 17.4. The summed E-state index contributed by atoms with van der Waals surface area (Å²) in [6, 6.07) is 0. The molecule has 0 radical (unpaired) electrons. The molecule has 0 heterocycles. The van der Waals surface area contributed by atoms with Crippen molar-refractivity contribution in [3.8, 4) is 0 Å². The first-order chi connectivity index (χ1) is 18.5. The topological polar surface area (TPSA) is 94.1 Å². The van der Waals surface area contributed by atoms with Crippen LogP contribution < -0.4 is 5.32 Å². The fraction of sp³-hybridized carbons (Fsp3) is 0.967. The Morgan fingerprint density at radius 3 is 1.72 bits per heavy atom. The SMILES string of the molecule is CCCCCCCCCCCCOC(C)C(NC(=O)CCCCCCCCC)OP(=O)(O)OCC[N+](C)(C)C. The predicted octanol–water partition coefficient (Wildman–Crippen LogP) is 7.74. The lowest BCUT2D eigenvalue weighted by atomic mass is 10.1. The molecule has 0 saturated heterocycles. The number of rotatable bonds is 28. The molecule has 0 saturated carbocycles. The molecule has 9 heteroatoms. The number of amides is 1. The van der Waals surface area contributed by atoms with E-state index in [0.29, 0.717) is 24.1 Å². The summed E-state index contributed by atoms with van der Waals surface area (Å²) in [5.41, 5.74) is 0. The molecule has 0 rings (SSSR count). The summed E-state index contributed by atoms with van der Waals surface area (Å²) >= 11 is 0. The van der Waals surface area contributed by atoms with Crippen molar-refractivity contribution >= 4 is 13.7 Å². The molecule has 2 N–H and O–H groups in total. The van der Waals surface area contributed by atoms with Crippen LogP contribution in [0.3, 0.4) is 0 Å². The van der Waals surface area contributed by atoms with Crippen LogP contribution in [0.5, 0.6) is 0 Å². The number of hydrogen-bond acceptors (Lipinski definition) is 5. The van der Waals surface area contributed by atoms with Gasteiger partial charge in [-0.15, -0.1) is 0 Å². The lowest BCUT2D eigenvalue weighted by Crippen LogP contribution is -2.45. The maximum Gasteiger partial charge on any atom is 0.474 e. The molecule has 0 bridgehead atoms. The zero-order valence-corrected chi connectivity index (χ0v) is 27.3. The van der Waals surface area contributed by atoms with Crippen LogP contribution in [-0.2, 0) is 23.1 Å². The summed E-state index contributed by atoms with van der Waals surface area (Å²) in [6.45, 7) is 7.35. The van der Waals surface area contributed by atoms with Gasteiger partial charge in [0, 0.05) is 13.0 Å². The number of hydrogen-bond donors (Lipinski definition) is 2. The molecule has 0 aliphatic carbocycles. The number of phosphoric ester groups is 1. The molecular weight excluding hydrogens is 515 g/mol. The highest BCUT2D eigenvalue weighted by molar-refractivity contribution is 7.47. The average Bonchev–Trinajstić information content (AvgIpc) is 2.85. The Hall–Kier alpha value is -0.500. The number of carbonyl (C=O) groups is 1. The summed E-state index contributed by atoms with van der Waals surface area (Å²) in [5, 5.41) is 2.78. The van der Waals surface area contributed by atoms with Gasteiger partial charge in [-0.1, -0.05) is 110 Å².